The highest BCUT2D eigenvalue weighted by Crippen LogP contribution is 2.33. The van der Waals surface area contributed by atoms with Crippen molar-refractivity contribution < 1.29 is 0 Å². The molecule has 0 saturated heterocycles. The summed E-state index contributed by atoms with van der Waals surface area (Å²) in [5, 5.41) is 1.07. The zero-order valence-corrected chi connectivity index (χ0v) is 11.3. The summed E-state index contributed by atoms with van der Waals surface area (Å²) in [6.07, 6.45) is 1.96. The maximum atomic E-state index is 6.46. The van der Waals surface area contributed by atoms with Gasteiger partial charge in [-0.05, 0) is 12.8 Å². The van der Waals surface area contributed by atoms with Crippen molar-refractivity contribution in [2.24, 2.45) is 0 Å². The Labute approximate surface area is 95.0 Å². The minimum absolute atomic E-state index is 0.0804. The Bertz CT molecular complexity index is 123. The molecule has 0 aliphatic rings. The average molecular weight is 246 g/mol. The van der Waals surface area contributed by atoms with Crippen molar-refractivity contribution in [1.29, 1.82) is 0 Å². The maximum Gasteiger partial charge on any atom is 0.341 e. The molecule has 0 spiro atoms. The molecule has 0 aromatic rings. The van der Waals surface area contributed by atoms with E-state index in [9.17, 15) is 0 Å². The lowest BCUT2D eigenvalue weighted by Gasteiger charge is -2.30. The number of alkyl halides is 3. The SMILES string of the molecule is C[CH2][Al]([CH](Cl)Cl)[C](Cl)(CC)CC. The Morgan fingerprint density at radius 3 is 1.67 bits per heavy atom. The van der Waals surface area contributed by atoms with Gasteiger partial charge in [-0.1, -0.05) is 26.1 Å². The number of hydrogen-bond donors (Lipinski definition) is 0. The summed E-state index contributed by atoms with van der Waals surface area (Å²) in [4.78, 5) is 0. The third kappa shape index (κ3) is 3.28. The van der Waals surface area contributed by atoms with Crippen LogP contribution in [-0.4, -0.2) is 21.6 Å². The molecular formula is C8H16AlCl3. The van der Waals surface area contributed by atoms with Gasteiger partial charge in [-0.15, -0.1) is 34.8 Å². The lowest BCUT2D eigenvalue weighted by atomic mass is 10.2. The largest absolute Gasteiger partial charge is 0.341 e. The molecular weight excluding hydrogens is 229 g/mol. The number of rotatable bonds is 5. The van der Waals surface area contributed by atoms with Crippen LogP contribution in [0.25, 0.3) is 0 Å². The van der Waals surface area contributed by atoms with Gasteiger partial charge in [-0.2, -0.15) is 0 Å². The second-order valence-corrected chi connectivity index (χ2v) is 10.0. The highest BCUT2D eigenvalue weighted by molar-refractivity contribution is 6.86. The van der Waals surface area contributed by atoms with E-state index >= 15 is 0 Å². The average Bonchev–Trinajstić information content (AvgIpc) is 2.04. The molecule has 72 valence electrons. The van der Waals surface area contributed by atoms with Gasteiger partial charge in [-0.3, -0.25) is 0 Å². The Kier molecular flexibility index (Phi) is 6.69. The topological polar surface area (TPSA) is 0 Å². The molecule has 0 aliphatic heterocycles. The zero-order valence-electron chi connectivity index (χ0n) is 7.91. The van der Waals surface area contributed by atoms with Gasteiger partial charge in [-0.25, -0.2) is 0 Å². The minimum atomic E-state index is -1.22. The minimum Gasteiger partial charge on any atom is -0.136 e. The van der Waals surface area contributed by atoms with Gasteiger partial charge in [0.05, 0.1) is 3.70 Å². The van der Waals surface area contributed by atoms with Gasteiger partial charge in [0.15, 0.2) is 0 Å². The van der Waals surface area contributed by atoms with Crippen LogP contribution >= 0.6 is 34.8 Å². The third-order valence-corrected chi connectivity index (χ3v) is 9.42. The van der Waals surface area contributed by atoms with Crippen LogP contribution in [0.15, 0.2) is 0 Å². The number of halogens is 3. The van der Waals surface area contributed by atoms with Crippen LogP contribution in [-0.2, 0) is 0 Å². The molecule has 0 saturated carbocycles. The Morgan fingerprint density at radius 1 is 1.17 bits per heavy atom. The molecule has 0 bridgehead atoms. The van der Waals surface area contributed by atoms with E-state index in [0.717, 1.165) is 18.1 Å². The van der Waals surface area contributed by atoms with Crippen molar-refractivity contribution in [3.05, 3.63) is 0 Å². The molecule has 0 radical (unpaired) electrons. The van der Waals surface area contributed by atoms with Gasteiger partial charge in [0.1, 0.15) is 0 Å². The van der Waals surface area contributed by atoms with E-state index in [4.69, 9.17) is 34.8 Å². The first-order chi connectivity index (χ1) is 5.51. The highest BCUT2D eigenvalue weighted by atomic mass is 35.5. The van der Waals surface area contributed by atoms with E-state index in [2.05, 4.69) is 20.8 Å². The molecule has 0 aliphatic carbocycles. The molecule has 0 aromatic heterocycles. The van der Waals surface area contributed by atoms with E-state index < -0.39 is 14.1 Å². The highest BCUT2D eigenvalue weighted by Gasteiger charge is 2.42. The van der Waals surface area contributed by atoms with Crippen LogP contribution in [0.1, 0.15) is 33.6 Å². The summed E-state index contributed by atoms with van der Waals surface area (Å²) in [7, 11) is 0. The summed E-state index contributed by atoms with van der Waals surface area (Å²) in [5.74, 6) is 0. The van der Waals surface area contributed by atoms with Crippen LogP contribution < -0.4 is 0 Å². The Balaban J connectivity index is 4.43. The molecule has 0 amide bonds. The van der Waals surface area contributed by atoms with Crippen molar-refractivity contribution in [3.63, 3.8) is 0 Å². The Morgan fingerprint density at radius 2 is 1.58 bits per heavy atom. The first kappa shape index (κ1) is 13.4. The van der Waals surface area contributed by atoms with Crippen molar-refractivity contribution in [2.45, 2.75) is 46.3 Å². The molecule has 0 rings (SSSR count). The molecule has 0 nitrogen and oxygen atoms in total. The molecule has 12 heavy (non-hydrogen) atoms. The maximum absolute atomic E-state index is 6.46. The predicted molar refractivity (Wildman–Crippen MR) is 60.9 cm³/mol. The molecule has 0 atom stereocenters. The van der Waals surface area contributed by atoms with Crippen molar-refractivity contribution in [3.8, 4) is 0 Å². The normalized spacial score (nSPS) is 12.2. The Hall–Kier alpha value is 1.40. The molecule has 4 heteroatoms. The zero-order chi connectivity index (χ0) is 9.78. The van der Waals surface area contributed by atoms with Crippen LogP contribution in [0, 0.1) is 0 Å². The predicted octanol–water partition coefficient (Wildman–Crippen LogP) is 4.18. The lowest BCUT2D eigenvalue weighted by molar-refractivity contribution is 0.690. The van der Waals surface area contributed by atoms with Crippen LogP contribution in [0.4, 0.5) is 0 Å². The van der Waals surface area contributed by atoms with E-state index in [-0.39, 0.29) is 7.43 Å². The van der Waals surface area contributed by atoms with Crippen LogP contribution in [0.3, 0.4) is 0 Å². The summed E-state index contributed by atoms with van der Waals surface area (Å²) in [5.41, 5.74) is 0. The monoisotopic (exact) mass is 244 g/mol. The van der Waals surface area contributed by atoms with Gasteiger partial charge < -0.3 is 0 Å². The van der Waals surface area contributed by atoms with E-state index in [1.807, 2.05) is 0 Å². The smallest absolute Gasteiger partial charge is 0.136 e. The first-order valence-electron chi connectivity index (χ1n) is 4.48. The van der Waals surface area contributed by atoms with Gasteiger partial charge >= 0.3 is 14.1 Å². The summed E-state index contributed by atoms with van der Waals surface area (Å²) in [6.45, 7) is 6.36. The fraction of sp³-hybridized carbons (Fsp3) is 1.00. The quantitative estimate of drug-likeness (QED) is 0.503. The summed E-state index contributed by atoms with van der Waals surface area (Å²) >= 11 is 17.1. The fourth-order valence-electron chi connectivity index (χ4n) is 1.54. The fourth-order valence-corrected chi connectivity index (χ4v) is 7.88. The molecule has 0 heterocycles. The second-order valence-electron chi connectivity index (χ2n) is 3.09. The van der Waals surface area contributed by atoms with Crippen molar-refractivity contribution in [1.82, 2.24) is 0 Å². The third-order valence-electron chi connectivity index (χ3n) is 2.58. The molecule has 0 N–H and O–H groups in total. The van der Waals surface area contributed by atoms with Gasteiger partial charge in [0.2, 0.25) is 0 Å². The second kappa shape index (κ2) is 5.99. The summed E-state index contributed by atoms with van der Waals surface area (Å²) in [6, 6.07) is 0. The first-order valence-corrected chi connectivity index (χ1v) is 7.80. The summed E-state index contributed by atoms with van der Waals surface area (Å²) < 4.78 is -0.296. The van der Waals surface area contributed by atoms with Gasteiger partial charge in [0.25, 0.3) is 0 Å². The van der Waals surface area contributed by atoms with Crippen molar-refractivity contribution >= 4 is 49.0 Å². The standard InChI is InChI=1S/C5H10Cl.C2H5.CHCl2.Al/c1-3-5(6)4-2;1-2;2-1-3;/h3-4H2,1-2H3;1H2,2H3;1H;. The number of hydrogen-bond acceptors (Lipinski definition) is 0. The lowest BCUT2D eigenvalue weighted by Crippen LogP contribution is -2.44. The van der Waals surface area contributed by atoms with E-state index in [0.29, 0.717) is 0 Å². The van der Waals surface area contributed by atoms with E-state index in [1.165, 1.54) is 0 Å². The molecule has 0 aromatic carbocycles. The molecule has 0 fully saturated rings. The molecule has 0 unspecified atom stereocenters. The van der Waals surface area contributed by atoms with Crippen molar-refractivity contribution in [2.75, 3.05) is 0 Å². The van der Waals surface area contributed by atoms with Crippen LogP contribution in [0.5, 0.6) is 0 Å². The van der Waals surface area contributed by atoms with E-state index in [1.54, 1.807) is 0 Å². The van der Waals surface area contributed by atoms with Gasteiger partial charge in [0, 0.05) is 3.74 Å². The van der Waals surface area contributed by atoms with Crippen LogP contribution in [0.2, 0.25) is 5.28 Å².